The second kappa shape index (κ2) is 8.03. The fraction of sp³-hybridized carbons (Fsp3) is 0.632. The molecule has 0 aromatic carbocycles. The zero-order chi connectivity index (χ0) is 19.4. The molecule has 7 nitrogen and oxygen atoms in total. The maximum absolute atomic E-state index is 12.7. The lowest BCUT2D eigenvalue weighted by atomic mass is 9.67. The lowest BCUT2D eigenvalue weighted by Crippen LogP contribution is -2.52. The molecule has 1 N–H and O–H groups in total. The van der Waals surface area contributed by atoms with E-state index < -0.39 is 17.0 Å². The Labute approximate surface area is 154 Å². The van der Waals surface area contributed by atoms with Crippen LogP contribution >= 0.6 is 0 Å². The molecule has 0 radical (unpaired) electrons. The van der Waals surface area contributed by atoms with Crippen LogP contribution in [-0.2, 0) is 19.7 Å². The molecule has 0 aliphatic carbocycles. The minimum absolute atomic E-state index is 0.152. The number of hydrogen-bond donors (Lipinski definition) is 1. The number of ether oxygens (including phenoxy) is 2. The van der Waals surface area contributed by atoms with Crippen LogP contribution in [0.3, 0.4) is 0 Å². The van der Waals surface area contributed by atoms with Crippen LogP contribution in [-0.4, -0.2) is 59.5 Å². The van der Waals surface area contributed by atoms with E-state index in [0.29, 0.717) is 31.5 Å². The summed E-state index contributed by atoms with van der Waals surface area (Å²) in [7, 11) is 1.32. The maximum atomic E-state index is 12.7. The van der Waals surface area contributed by atoms with E-state index in [2.05, 4.69) is 4.98 Å². The largest absolute Gasteiger partial charge is 0.468 e. The van der Waals surface area contributed by atoms with Gasteiger partial charge in [0.15, 0.2) is 0 Å². The number of piperidine rings is 1. The molecule has 1 unspecified atom stereocenters. The monoisotopic (exact) mass is 364 g/mol. The van der Waals surface area contributed by atoms with Gasteiger partial charge >= 0.3 is 12.1 Å². The third-order valence-corrected chi connectivity index (χ3v) is 4.84. The normalized spacial score (nSPS) is 18.1. The number of pyridine rings is 1. The molecule has 2 heterocycles. The molecule has 1 saturated heterocycles. The Kier molecular flexibility index (Phi) is 6.23. The van der Waals surface area contributed by atoms with Crippen molar-refractivity contribution in [3.8, 4) is 0 Å². The van der Waals surface area contributed by atoms with Gasteiger partial charge in [0.1, 0.15) is 11.0 Å². The van der Waals surface area contributed by atoms with Crippen LogP contribution in [0.2, 0.25) is 0 Å². The van der Waals surface area contributed by atoms with Gasteiger partial charge in [0, 0.05) is 25.5 Å². The Balaban J connectivity index is 2.20. The number of esters is 1. The van der Waals surface area contributed by atoms with E-state index >= 15 is 0 Å². The van der Waals surface area contributed by atoms with Gasteiger partial charge < -0.3 is 19.5 Å². The number of aromatic nitrogens is 1. The van der Waals surface area contributed by atoms with Crippen LogP contribution in [0.4, 0.5) is 4.79 Å². The van der Waals surface area contributed by atoms with Crippen LogP contribution in [0.25, 0.3) is 0 Å². The van der Waals surface area contributed by atoms with Crippen LogP contribution in [0.1, 0.15) is 39.2 Å². The highest BCUT2D eigenvalue weighted by Gasteiger charge is 2.49. The van der Waals surface area contributed by atoms with Gasteiger partial charge in [0.05, 0.1) is 13.7 Å². The first-order chi connectivity index (χ1) is 12.2. The molecule has 1 fully saturated rings. The van der Waals surface area contributed by atoms with Gasteiger partial charge in [-0.05, 0) is 57.2 Å². The van der Waals surface area contributed by atoms with Crippen molar-refractivity contribution in [2.45, 2.75) is 44.6 Å². The van der Waals surface area contributed by atoms with Gasteiger partial charge in [-0.25, -0.2) is 4.79 Å². The van der Waals surface area contributed by atoms with E-state index in [4.69, 9.17) is 9.47 Å². The third-order valence-electron chi connectivity index (χ3n) is 4.84. The van der Waals surface area contributed by atoms with E-state index in [1.165, 1.54) is 7.11 Å². The Morgan fingerprint density at radius 3 is 2.27 bits per heavy atom. The summed E-state index contributed by atoms with van der Waals surface area (Å²) in [5.41, 5.74) is -1.03. The number of methoxy groups -OCH3 is 1. The summed E-state index contributed by atoms with van der Waals surface area (Å²) in [4.78, 5) is 30.6. The molecule has 1 aromatic rings. The van der Waals surface area contributed by atoms with Crippen molar-refractivity contribution in [3.63, 3.8) is 0 Å². The number of rotatable bonds is 4. The van der Waals surface area contributed by atoms with E-state index in [-0.39, 0.29) is 18.6 Å². The molecule has 1 atom stereocenters. The van der Waals surface area contributed by atoms with Crippen LogP contribution in [0.5, 0.6) is 0 Å². The highest BCUT2D eigenvalue weighted by molar-refractivity contribution is 5.84. The molecular weight excluding hydrogens is 336 g/mol. The first-order valence-corrected chi connectivity index (χ1v) is 8.82. The molecular formula is C19H28N2O5. The molecule has 0 bridgehead atoms. The van der Waals surface area contributed by atoms with Gasteiger partial charge in [0.2, 0.25) is 0 Å². The van der Waals surface area contributed by atoms with E-state index in [9.17, 15) is 14.7 Å². The quantitative estimate of drug-likeness (QED) is 0.824. The SMILES string of the molecule is COC(=O)C(CO)(c1ccncc1)C1CCN(C(=O)OC(C)(C)C)CC1. The van der Waals surface area contributed by atoms with Crippen molar-refractivity contribution in [1.82, 2.24) is 9.88 Å². The number of amides is 1. The summed E-state index contributed by atoms with van der Waals surface area (Å²) in [5.74, 6) is -0.622. The van der Waals surface area contributed by atoms with Crippen molar-refractivity contribution in [3.05, 3.63) is 30.1 Å². The topological polar surface area (TPSA) is 89.0 Å². The number of carbonyl (C=O) groups is 2. The number of aliphatic hydroxyl groups is 1. The third kappa shape index (κ3) is 4.15. The minimum Gasteiger partial charge on any atom is -0.468 e. The van der Waals surface area contributed by atoms with Gasteiger partial charge in [-0.15, -0.1) is 0 Å². The lowest BCUT2D eigenvalue weighted by molar-refractivity contribution is -0.153. The predicted octanol–water partition coefficient (Wildman–Crippen LogP) is 2.13. The van der Waals surface area contributed by atoms with Gasteiger partial charge in [0.25, 0.3) is 0 Å². The average molecular weight is 364 g/mol. The van der Waals surface area contributed by atoms with Crippen molar-refractivity contribution in [2.24, 2.45) is 5.92 Å². The molecule has 1 aromatic heterocycles. The standard InChI is InChI=1S/C19H28N2O5/c1-18(2,3)26-17(24)21-11-7-15(8-12-21)19(13-22,16(23)25-4)14-5-9-20-10-6-14/h5-6,9-10,15,22H,7-8,11-13H2,1-4H3. The lowest BCUT2D eigenvalue weighted by Gasteiger charge is -2.42. The maximum Gasteiger partial charge on any atom is 0.410 e. The molecule has 1 aliphatic rings. The minimum atomic E-state index is -1.16. The molecule has 0 spiro atoms. The summed E-state index contributed by atoms with van der Waals surface area (Å²) >= 11 is 0. The fourth-order valence-corrected chi connectivity index (χ4v) is 3.52. The zero-order valence-electron chi connectivity index (χ0n) is 15.9. The fourth-order valence-electron chi connectivity index (χ4n) is 3.52. The molecule has 1 amide bonds. The van der Waals surface area contributed by atoms with E-state index in [0.717, 1.165) is 0 Å². The molecule has 26 heavy (non-hydrogen) atoms. The Hall–Kier alpha value is -2.15. The molecule has 0 saturated carbocycles. The summed E-state index contributed by atoms with van der Waals surface area (Å²) in [6.07, 6.45) is 3.97. The second-order valence-electron chi connectivity index (χ2n) is 7.60. The molecule has 7 heteroatoms. The highest BCUT2D eigenvalue weighted by Crippen LogP contribution is 2.39. The number of carbonyl (C=O) groups excluding carboxylic acids is 2. The van der Waals surface area contributed by atoms with Crippen molar-refractivity contribution in [2.75, 3.05) is 26.8 Å². The smallest absolute Gasteiger partial charge is 0.410 e. The number of hydrogen-bond acceptors (Lipinski definition) is 6. The summed E-state index contributed by atoms with van der Waals surface area (Å²) in [6, 6.07) is 3.46. The summed E-state index contributed by atoms with van der Waals surface area (Å²) in [5, 5.41) is 10.2. The second-order valence-corrected chi connectivity index (χ2v) is 7.60. The number of likely N-dealkylation sites (tertiary alicyclic amines) is 1. The summed E-state index contributed by atoms with van der Waals surface area (Å²) in [6.45, 7) is 6.05. The Bertz CT molecular complexity index is 621. The van der Waals surface area contributed by atoms with E-state index in [1.54, 1.807) is 29.4 Å². The Morgan fingerprint density at radius 2 is 1.81 bits per heavy atom. The zero-order valence-corrected chi connectivity index (χ0v) is 15.9. The average Bonchev–Trinajstić information content (AvgIpc) is 2.62. The summed E-state index contributed by atoms with van der Waals surface area (Å²) < 4.78 is 10.4. The molecule has 2 rings (SSSR count). The van der Waals surface area contributed by atoms with Crippen LogP contribution < -0.4 is 0 Å². The van der Waals surface area contributed by atoms with Crippen molar-refractivity contribution < 1.29 is 24.2 Å². The first-order valence-electron chi connectivity index (χ1n) is 8.82. The molecule has 1 aliphatic heterocycles. The van der Waals surface area contributed by atoms with Gasteiger partial charge in [-0.1, -0.05) is 0 Å². The first kappa shape index (κ1) is 20.2. The number of nitrogens with zero attached hydrogens (tertiary/aromatic N) is 2. The van der Waals surface area contributed by atoms with E-state index in [1.807, 2.05) is 20.8 Å². The van der Waals surface area contributed by atoms with Gasteiger partial charge in [-0.3, -0.25) is 9.78 Å². The predicted molar refractivity (Wildman–Crippen MR) is 95.5 cm³/mol. The van der Waals surface area contributed by atoms with Crippen LogP contribution in [0.15, 0.2) is 24.5 Å². The molecule has 144 valence electrons. The Morgan fingerprint density at radius 1 is 1.23 bits per heavy atom. The van der Waals surface area contributed by atoms with Crippen LogP contribution in [0, 0.1) is 5.92 Å². The number of aliphatic hydroxyl groups excluding tert-OH is 1. The van der Waals surface area contributed by atoms with Crippen molar-refractivity contribution >= 4 is 12.1 Å². The van der Waals surface area contributed by atoms with Crippen molar-refractivity contribution in [1.29, 1.82) is 0 Å². The highest BCUT2D eigenvalue weighted by atomic mass is 16.6. The van der Waals surface area contributed by atoms with Gasteiger partial charge in [-0.2, -0.15) is 0 Å².